The van der Waals surface area contributed by atoms with Crippen molar-refractivity contribution in [1.82, 2.24) is 0 Å². The van der Waals surface area contributed by atoms with Gasteiger partial charge in [-0.15, -0.1) is 0 Å². The second-order valence-corrected chi connectivity index (χ2v) is 5.89. The minimum absolute atomic E-state index is 0.391. The Hall–Kier alpha value is -1.51. The standard InChI is InChI=1S/C18H22ClNO/c1-13-3-8-18(21-2)16(9-13)11-15(12-20)10-14-4-6-17(19)7-5-14/h3-9,15H,10-12,20H2,1-2H3. The fourth-order valence-corrected chi connectivity index (χ4v) is 2.70. The third kappa shape index (κ3) is 4.48. The zero-order valence-electron chi connectivity index (χ0n) is 12.6. The average Bonchev–Trinajstić information content (AvgIpc) is 2.49. The van der Waals surface area contributed by atoms with Crippen LogP contribution in [-0.2, 0) is 12.8 Å². The number of hydrogen-bond acceptors (Lipinski definition) is 2. The smallest absolute Gasteiger partial charge is 0.122 e. The highest BCUT2D eigenvalue weighted by Crippen LogP contribution is 2.24. The summed E-state index contributed by atoms with van der Waals surface area (Å²) in [4.78, 5) is 0. The summed E-state index contributed by atoms with van der Waals surface area (Å²) >= 11 is 5.93. The second-order valence-electron chi connectivity index (χ2n) is 5.45. The van der Waals surface area contributed by atoms with E-state index >= 15 is 0 Å². The van der Waals surface area contributed by atoms with Gasteiger partial charge in [-0.25, -0.2) is 0 Å². The van der Waals surface area contributed by atoms with Gasteiger partial charge in [0.1, 0.15) is 5.75 Å². The van der Waals surface area contributed by atoms with E-state index in [9.17, 15) is 0 Å². The molecule has 2 aromatic carbocycles. The average molecular weight is 304 g/mol. The van der Waals surface area contributed by atoms with E-state index in [0.29, 0.717) is 12.5 Å². The van der Waals surface area contributed by atoms with Gasteiger partial charge in [-0.05, 0) is 61.6 Å². The maximum atomic E-state index is 5.96. The highest BCUT2D eigenvalue weighted by molar-refractivity contribution is 6.30. The molecule has 0 heterocycles. The van der Waals surface area contributed by atoms with E-state index in [2.05, 4.69) is 31.2 Å². The molecule has 0 fully saturated rings. The predicted octanol–water partition coefficient (Wildman–Crippen LogP) is 4.02. The first kappa shape index (κ1) is 15.9. The zero-order valence-corrected chi connectivity index (χ0v) is 13.4. The summed E-state index contributed by atoms with van der Waals surface area (Å²) in [5.74, 6) is 1.33. The molecule has 2 aromatic rings. The molecule has 1 atom stereocenters. The number of aryl methyl sites for hydroxylation is 1. The Kier molecular flexibility index (Phi) is 5.66. The van der Waals surface area contributed by atoms with Crippen molar-refractivity contribution in [2.75, 3.05) is 13.7 Å². The van der Waals surface area contributed by atoms with E-state index in [1.807, 2.05) is 18.2 Å². The molecule has 2 nitrogen and oxygen atoms in total. The highest BCUT2D eigenvalue weighted by Gasteiger charge is 2.12. The second kappa shape index (κ2) is 7.48. The molecule has 0 bridgehead atoms. The Balaban J connectivity index is 2.11. The minimum Gasteiger partial charge on any atom is -0.496 e. The molecule has 0 aromatic heterocycles. The van der Waals surface area contributed by atoms with Crippen molar-refractivity contribution in [3.63, 3.8) is 0 Å². The number of benzene rings is 2. The van der Waals surface area contributed by atoms with Crippen LogP contribution in [0.1, 0.15) is 16.7 Å². The van der Waals surface area contributed by atoms with Crippen LogP contribution in [0.4, 0.5) is 0 Å². The first-order chi connectivity index (χ1) is 10.1. The van der Waals surface area contributed by atoms with E-state index in [0.717, 1.165) is 23.6 Å². The van der Waals surface area contributed by atoms with E-state index in [4.69, 9.17) is 22.1 Å². The lowest BCUT2D eigenvalue weighted by molar-refractivity contribution is 0.403. The number of methoxy groups -OCH3 is 1. The van der Waals surface area contributed by atoms with Gasteiger partial charge in [-0.2, -0.15) is 0 Å². The Bertz CT molecular complexity index is 580. The quantitative estimate of drug-likeness (QED) is 0.875. The Labute approximate surface area is 131 Å². The molecule has 0 radical (unpaired) electrons. The summed E-state index contributed by atoms with van der Waals surface area (Å²) in [6, 6.07) is 14.3. The Morgan fingerprint density at radius 2 is 1.81 bits per heavy atom. The molecule has 0 aliphatic rings. The van der Waals surface area contributed by atoms with E-state index in [1.165, 1.54) is 16.7 Å². The van der Waals surface area contributed by atoms with Crippen LogP contribution >= 0.6 is 11.6 Å². The van der Waals surface area contributed by atoms with Crippen molar-refractivity contribution < 1.29 is 4.74 Å². The molecule has 0 saturated heterocycles. The van der Waals surface area contributed by atoms with Crippen LogP contribution in [0.25, 0.3) is 0 Å². The topological polar surface area (TPSA) is 35.2 Å². The summed E-state index contributed by atoms with van der Waals surface area (Å²) in [6.45, 7) is 2.75. The first-order valence-electron chi connectivity index (χ1n) is 7.20. The van der Waals surface area contributed by atoms with Gasteiger partial charge in [0.05, 0.1) is 7.11 Å². The first-order valence-corrected chi connectivity index (χ1v) is 7.58. The lowest BCUT2D eigenvalue weighted by Crippen LogP contribution is -2.19. The maximum absolute atomic E-state index is 5.96. The highest BCUT2D eigenvalue weighted by atomic mass is 35.5. The monoisotopic (exact) mass is 303 g/mol. The molecule has 1 unspecified atom stereocenters. The molecule has 3 heteroatoms. The van der Waals surface area contributed by atoms with Crippen molar-refractivity contribution in [3.8, 4) is 5.75 Å². The predicted molar refractivity (Wildman–Crippen MR) is 89.1 cm³/mol. The molecule has 2 rings (SSSR count). The number of hydrogen-bond donors (Lipinski definition) is 1. The molecule has 0 amide bonds. The number of halogens is 1. The molecular weight excluding hydrogens is 282 g/mol. The van der Waals surface area contributed by atoms with Gasteiger partial charge >= 0.3 is 0 Å². The van der Waals surface area contributed by atoms with Crippen molar-refractivity contribution in [2.24, 2.45) is 11.7 Å². The van der Waals surface area contributed by atoms with Gasteiger partial charge in [0.25, 0.3) is 0 Å². The normalized spacial score (nSPS) is 12.2. The van der Waals surface area contributed by atoms with Crippen LogP contribution in [0, 0.1) is 12.8 Å². The number of rotatable bonds is 6. The fraction of sp³-hybridized carbons (Fsp3) is 0.333. The van der Waals surface area contributed by atoms with Crippen LogP contribution in [0.5, 0.6) is 5.75 Å². The van der Waals surface area contributed by atoms with E-state index < -0.39 is 0 Å². The summed E-state index contributed by atoms with van der Waals surface area (Å²) in [7, 11) is 1.71. The van der Waals surface area contributed by atoms with Crippen molar-refractivity contribution >= 4 is 11.6 Å². The molecule has 0 spiro atoms. The summed E-state index contributed by atoms with van der Waals surface area (Å²) in [5.41, 5.74) is 9.69. The van der Waals surface area contributed by atoms with Gasteiger partial charge in [0.2, 0.25) is 0 Å². The third-order valence-corrected chi connectivity index (χ3v) is 3.97. The van der Waals surface area contributed by atoms with Crippen LogP contribution in [0.3, 0.4) is 0 Å². The molecule has 0 aliphatic heterocycles. The van der Waals surface area contributed by atoms with E-state index in [1.54, 1.807) is 7.11 Å². The SMILES string of the molecule is COc1ccc(C)cc1CC(CN)Cc1ccc(Cl)cc1. The lowest BCUT2D eigenvalue weighted by Gasteiger charge is -2.17. The molecule has 0 aliphatic carbocycles. The molecule has 2 N–H and O–H groups in total. The van der Waals surface area contributed by atoms with E-state index in [-0.39, 0.29) is 0 Å². The van der Waals surface area contributed by atoms with Crippen molar-refractivity contribution in [1.29, 1.82) is 0 Å². The fourth-order valence-electron chi connectivity index (χ4n) is 2.57. The number of ether oxygens (including phenoxy) is 1. The summed E-state index contributed by atoms with van der Waals surface area (Å²) in [6.07, 6.45) is 1.87. The third-order valence-electron chi connectivity index (χ3n) is 3.72. The largest absolute Gasteiger partial charge is 0.496 e. The Morgan fingerprint density at radius 1 is 1.10 bits per heavy atom. The number of nitrogens with two attached hydrogens (primary N) is 1. The maximum Gasteiger partial charge on any atom is 0.122 e. The molecule has 0 saturated carbocycles. The summed E-state index contributed by atoms with van der Waals surface area (Å²) in [5, 5.41) is 0.767. The van der Waals surface area contributed by atoms with Gasteiger partial charge < -0.3 is 10.5 Å². The molecule has 112 valence electrons. The van der Waals surface area contributed by atoms with Crippen LogP contribution in [-0.4, -0.2) is 13.7 Å². The minimum atomic E-state index is 0.391. The van der Waals surface area contributed by atoms with Gasteiger partial charge in [-0.3, -0.25) is 0 Å². The van der Waals surface area contributed by atoms with Gasteiger partial charge in [-0.1, -0.05) is 41.4 Å². The molecular formula is C18H22ClNO. The van der Waals surface area contributed by atoms with Crippen LogP contribution in [0.15, 0.2) is 42.5 Å². The molecule has 21 heavy (non-hydrogen) atoms. The van der Waals surface area contributed by atoms with Crippen molar-refractivity contribution in [2.45, 2.75) is 19.8 Å². The zero-order chi connectivity index (χ0) is 15.2. The summed E-state index contributed by atoms with van der Waals surface area (Å²) < 4.78 is 5.45. The van der Waals surface area contributed by atoms with Crippen LogP contribution in [0.2, 0.25) is 5.02 Å². The van der Waals surface area contributed by atoms with Gasteiger partial charge in [0.15, 0.2) is 0 Å². The lowest BCUT2D eigenvalue weighted by atomic mass is 9.91. The Morgan fingerprint density at radius 3 is 2.43 bits per heavy atom. The van der Waals surface area contributed by atoms with Crippen molar-refractivity contribution in [3.05, 3.63) is 64.2 Å². The van der Waals surface area contributed by atoms with Gasteiger partial charge in [0, 0.05) is 5.02 Å². The van der Waals surface area contributed by atoms with Crippen LogP contribution < -0.4 is 10.5 Å².